The molecular weight excluding hydrogens is 487 g/mol. The van der Waals surface area contributed by atoms with Crippen LogP contribution in [0.15, 0.2) is 18.2 Å². The number of thiophene rings is 1. The molecule has 0 saturated carbocycles. The molecule has 0 unspecified atom stereocenters. The Morgan fingerprint density at radius 2 is 1.84 bits per heavy atom. The first-order valence-corrected chi connectivity index (χ1v) is 11.0. The van der Waals surface area contributed by atoms with Crippen molar-refractivity contribution in [2.45, 2.75) is 26.9 Å². The molecule has 1 heterocycles. The summed E-state index contributed by atoms with van der Waals surface area (Å²) in [5.41, 5.74) is -0.410. The highest BCUT2D eigenvalue weighted by Crippen LogP contribution is 2.37. The van der Waals surface area contributed by atoms with E-state index >= 15 is 0 Å². The molecule has 0 radical (unpaired) electrons. The lowest BCUT2D eigenvalue weighted by Crippen LogP contribution is -2.30. The number of benzene rings is 1. The summed E-state index contributed by atoms with van der Waals surface area (Å²) in [4.78, 5) is 27.1. The monoisotopic (exact) mass is 507 g/mol. The van der Waals surface area contributed by atoms with Gasteiger partial charge >= 0.3 is 12.1 Å². The summed E-state index contributed by atoms with van der Waals surface area (Å²) in [6, 6.07) is 3.26. The van der Waals surface area contributed by atoms with E-state index in [2.05, 4.69) is 10.6 Å². The molecule has 2 aromatic rings. The van der Waals surface area contributed by atoms with E-state index in [0.717, 1.165) is 23.5 Å². The van der Waals surface area contributed by atoms with E-state index in [4.69, 9.17) is 28.6 Å². The minimum atomic E-state index is -4.63. The summed E-state index contributed by atoms with van der Waals surface area (Å²) in [6.07, 6.45) is -4.63. The maximum atomic E-state index is 13.1. The molecule has 1 amide bonds. The molecule has 0 aliphatic rings. The smallest absolute Gasteiger partial charge is 0.417 e. The molecule has 2 N–H and O–H groups in total. The topological polar surface area (TPSA) is 70.7 Å². The van der Waals surface area contributed by atoms with Crippen LogP contribution in [0.25, 0.3) is 0 Å². The molecule has 32 heavy (non-hydrogen) atoms. The molecule has 0 fully saturated rings. The van der Waals surface area contributed by atoms with Gasteiger partial charge in [0.1, 0.15) is 5.00 Å². The number of anilines is 2. The van der Waals surface area contributed by atoms with E-state index in [1.807, 2.05) is 13.8 Å². The molecule has 174 valence electrons. The number of esters is 1. The highest BCUT2D eigenvalue weighted by Gasteiger charge is 2.33. The number of carbonyl (C=O) groups excluding carboxylic acids is 2. The summed E-state index contributed by atoms with van der Waals surface area (Å²) in [6.45, 7) is 6.27. The van der Waals surface area contributed by atoms with E-state index in [-0.39, 0.29) is 27.3 Å². The van der Waals surface area contributed by atoms with E-state index in [9.17, 15) is 22.8 Å². The average Bonchev–Trinajstić information content (AvgIpc) is 3.04. The van der Waals surface area contributed by atoms with E-state index < -0.39 is 22.7 Å². The fourth-order valence-electron chi connectivity index (χ4n) is 2.89. The zero-order chi connectivity index (χ0) is 24.2. The highest BCUT2D eigenvalue weighted by atomic mass is 35.5. The summed E-state index contributed by atoms with van der Waals surface area (Å²) in [5.74, 6) is -0.921. The second-order valence-electron chi connectivity index (χ2n) is 6.50. The van der Waals surface area contributed by atoms with Gasteiger partial charge in [-0.25, -0.2) is 4.79 Å². The number of hydrogen-bond acceptors (Lipinski definition) is 5. The Bertz CT molecular complexity index is 1040. The average molecular weight is 508 g/mol. The normalized spacial score (nSPS) is 11.1. The summed E-state index contributed by atoms with van der Waals surface area (Å²) in [5, 5.41) is 5.16. The number of amides is 1. The first-order valence-electron chi connectivity index (χ1n) is 9.40. The number of alkyl halides is 3. The number of carbonyl (C=O) groups is 2. The van der Waals surface area contributed by atoms with Crippen LogP contribution in [0.4, 0.5) is 23.9 Å². The van der Waals surface area contributed by atoms with Gasteiger partial charge in [-0.05, 0) is 56.8 Å². The van der Waals surface area contributed by atoms with Gasteiger partial charge in [0.2, 0.25) is 0 Å². The van der Waals surface area contributed by atoms with Gasteiger partial charge < -0.3 is 20.3 Å². The molecular formula is C20H21ClF3N3O3S2. The van der Waals surface area contributed by atoms with Gasteiger partial charge in [0, 0.05) is 18.8 Å². The fourth-order valence-corrected chi connectivity index (χ4v) is 4.57. The SMILES string of the molecule is CCN(CC)C(=O)c1sc(NC(=S)Nc2ccc(Cl)c(C(F)(F)F)c2)c(C(=O)OC)c1C. The molecule has 0 saturated heterocycles. The van der Waals surface area contributed by atoms with Crippen LogP contribution in [-0.4, -0.2) is 42.1 Å². The lowest BCUT2D eigenvalue weighted by molar-refractivity contribution is -0.137. The largest absolute Gasteiger partial charge is 0.465 e. The van der Waals surface area contributed by atoms with Crippen LogP contribution < -0.4 is 10.6 Å². The van der Waals surface area contributed by atoms with Crippen molar-refractivity contribution in [3.63, 3.8) is 0 Å². The number of ether oxygens (including phenoxy) is 1. The van der Waals surface area contributed by atoms with Gasteiger partial charge in [0.25, 0.3) is 5.91 Å². The van der Waals surface area contributed by atoms with Crippen molar-refractivity contribution >= 4 is 62.8 Å². The Hall–Kier alpha value is -2.37. The third-order valence-electron chi connectivity index (χ3n) is 4.54. The van der Waals surface area contributed by atoms with Crippen LogP contribution in [0.5, 0.6) is 0 Å². The second kappa shape index (κ2) is 10.5. The van der Waals surface area contributed by atoms with Crippen molar-refractivity contribution in [3.05, 3.63) is 44.8 Å². The van der Waals surface area contributed by atoms with Crippen LogP contribution in [0, 0.1) is 6.92 Å². The zero-order valence-electron chi connectivity index (χ0n) is 17.6. The molecule has 0 aliphatic heterocycles. The number of hydrogen-bond donors (Lipinski definition) is 2. The van der Waals surface area contributed by atoms with Crippen molar-refractivity contribution in [2.75, 3.05) is 30.8 Å². The van der Waals surface area contributed by atoms with Crippen LogP contribution in [0.3, 0.4) is 0 Å². The van der Waals surface area contributed by atoms with Gasteiger partial charge in [-0.15, -0.1) is 11.3 Å². The summed E-state index contributed by atoms with van der Waals surface area (Å²) >= 11 is 11.9. The van der Waals surface area contributed by atoms with Crippen molar-refractivity contribution in [3.8, 4) is 0 Å². The third-order valence-corrected chi connectivity index (χ3v) is 6.27. The predicted molar refractivity (Wildman–Crippen MR) is 124 cm³/mol. The lowest BCUT2D eigenvalue weighted by atomic mass is 10.1. The van der Waals surface area contributed by atoms with Crippen molar-refractivity contribution in [2.24, 2.45) is 0 Å². The van der Waals surface area contributed by atoms with Gasteiger partial charge in [-0.1, -0.05) is 11.6 Å². The molecule has 6 nitrogen and oxygen atoms in total. The number of methoxy groups -OCH3 is 1. The molecule has 0 aliphatic carbocycles. The second-order valence-corrected chi connectivity index (χ2v) is 8.34. The summed E-state index contributed by atoms with van der Waals surface area (Å²) in [7, 11) is 1.21. The molecule has 1 aromatic heterocycles. The van der Waals surface area contributed by atoms with Crippen molar-refractivity contribution in [1.29, 1.82) is 0 Å². The first kappa shape index (κ1) is 25.9. The van der Waals surface area contributed by atoms with Crippen LogP contribution in [-0.2, 0) is 10.9 Å². The van der Waals surface area contributed by atoms with E-state index in [1.165, 1.54) is 13.2 Å². The zero-order valence-corrected chi connectivity index (χ0v) is 20.0. The van der Waals surface area contributed by atoms with Crippen LogP contribution in [0.1, 0.15) is 45.0 Å². The molecule has 0 spiro atoms. The van der Waals surface area contributed by atoms with Gasteiger partial charge in [0.05, 0.1) is 28.1 Å². The number of rotatable bonds is 6. The third kappa shape index (κ3) is 5.70. The molecule has 1 aromatic carbocycles. The molecule has 0 atom stereocenters. The lowest BCUT2D eigenvalue weighted by Gasteiger charge is -2.18. The number of thiocarbonyl (C=S) groups is 1. The van der Waals surface area contributed by atoms with E-state index in [1.54, 1.807) is 11.8 Å². The van der Waals surface area contributed by atoms with Gasteiger partial charge in [0.15, 0.2) is 5.11 Å². The van der Waals surface area contributed by atoms with Crippen LogP contribution >= 0.6 is 35.2 Å². The highest BCUT2D eigenvalue weighted by molar-refractivity contribution is 7.80. The molecule has 12 heteroatoms. The maximum absolute atomic E-state index is 13.1. The molecule has 2 rings (SSSR count). The van der Waals surface area contributed by atoms with Crippen molar-refractivity contribution in [1.82, 2.24) is 4.90 Å². The Balaban J connectivity index is 2.36. The van der Waals surface area contributed by atoms with Crippen molar-refractivity contribution < 1.29 is 27.5 Å². The number of nitrogens with one attached hydrogen (secondary N) is 2. The Kier molecular flexibility index (Phi) is 8.49. The standard InChI is InChI=1S/C20H21ClF3N3O3S2/c1-5-27(6-2)17(28)15-10(3)14(18(29)30-4)16(32-15)26-19(31)25-11-7-8-13(21)12(9-11)20(22,23)24/h7-9H,5-6H2,1-4H3,(H2,25,26,31). The van der Waals surface area contributed by atoms with E-state index in [0.29, 0.717) is 23.5 Å². The Morgan fingerprint density at radius 1 is 1.22 bits per heavy atom. The number of nitrogens with zero attached hydrogens (tertiary/aromatic N) is 1. The summed E-state index contributed by atoms with van der Waals surface area (Å²) < 4.78 is 44.1. The van der Waals surface area contributed by atoms with Gasteiger partial charge in [-0.2, -0.15) is 13.2 Å². The quantitative estimate of drug-likeness (QED) is 0.380. The predicted octanol–water partition coefficient (Wildman–Crippen LogP) is 5.81. The molecule has 0 bridgehead atoms. The minimum Gasteiger partial charge on any atom is -0.465 e. The Morgan fingerprint density at radius 3 is 2.38 bits per heavy atom. The minimum absolute atomic E-state index is 0.0477. The maximum Gasteiger partial charge on any atom is 0.417 e. The fraction of sp³-hybridized carbons (Fsp3) is 0.350. The van der Waals surface area contributed by atoms with Crippen LogP contribution in [0.2, 0.25) is 5.02 Å². The van der Waals surface area contributed by atoms with Gasteiger partial charge in [-0.3, -0.25) is 4.79 Å². The number of halogens is 4. The first-order chi connectivity index (χ1) is 14.9. The Labute approximate surface area is 197 Å².